The molecule has 34 heavy (non-hydrogen) atoms. The van der Waals surface area contributed by atoms with Crippen molar-refractivity contribution in [2.24, 2.45) is 0 Å². The van der Waals surface area contributed by atoms with E-state index in [2.05, 4.69) is 16.0 Å². The van der Waals surface area contributed by atoms with E-state index >= 15 is 0 Å². The number of halogens is 2. The Hall–Kier alpha value is -3.95. The molecule has 2 aromatic carbocycles. The number of hydrogen-bond acceptors (Lipinski definition) is 5. The van der Waals surface area contributed by atoms with Gasteiger partial charge < -0.3 is 21.4 Å². The Balaban J connectivity index is 2.12. The van der Waals surface area contributed by atoms with Gasteiger partial charge in [0.1, 0.15) is 23.7 Å². The van der Waals surface area contributed by atoms with Gasteiger partial charge in [-0.15, -0.1) is 0 Å². The van der Waals surface area contributed by atoms with E-state index in [4.69, 9.17) is 5.41 Å². The SMILES string of the molecule is CC(=O)N[C@@H](Cc1ccc(F)cc1)C(=O)N[C@@H](CCC(=O)C=N)C(=O)NCc1ccc(F)cc1. The van der Waals surface area contributed by atoms with Gasteiger partial charge in [-0.25, -0.2) is 8.78 Å². The topological polar surface area (TPSA) is 128 Å². The summed E-state index contributed by atoms with van der Waals surface area (Å²) in [5, 5.41) is 14.7. The highest BCUT2D eigenvalue weighted by atomic mass is 19.1. The molecule has 10 heteroatoms. The highest BCUT2D eigenvalue weighted by Gasteiger charge is 2.27. The molecule has 8 nitrogen and oxygen atoms in total. The summed E-state index contributed by atoms with van der Waals surface area (Å²) in [6.07, 6.45) is 0.457. The molecule has 0 spiro atoms. The maximum Gasteiger partial charge on any atom is 0.243 e. The molecule has 0 saturated carbocycles. The van der Waals surface area contributed by atoms with Crippen LogP contribution >= 0.6 is 0 Å². The van der Waals surface area contributed by atoms with Gasteiger partial charge in [0.15, 0.2) is 5.78 Å². The molecule has 0 aliphatic carbocycles. The molecule has 0 radical (unpaired) electrons. The number of carbonyl (C=O) groups is 4. The monoisotopic (exact) mass is 472 g/mol. The Labute approximate surface area is 195 Å². The fraction of sp³-hybridized carbons (Fsp3) is 0.292. The maximum absolute atomic E-state index is 13.2. The first kappa shape index (κ1) is 26.3. The van der Waals surface area contributed by atoms with Gasteiger partial charge in [0.05, 0.1) is 6.21 Å². The molecule has 0 unspecified atom stereocenters. The van der Waals surface area contributed by atoms with Crippen LogP contribution in [0.2, 0.25) is 0 Å². The Kier molecular flexibility index (Phi) is 10.0. The second-order valence-corrected chi connectivity index (χ2v) is 7.64. The normalized spacial score (nSPS) is 12.2. The van der Waals surface area contributed by atoms with Gasteiger partial charge >= 0.3 is 0 Å². The minimum atomic E-state index is -1.12. The summed E-state index contributed by atoms with van der Waals surface area (Å²) in [4.78, 5) is 48.9. The Morgan fingerprint density at radius 3 is 1.94 bits per heavy atom. The number of amides is 3. The summed E-state index contributed by atoms with van der Waals surface area (Å²) in [5.41, 5.74) is 1.22. The van der Waals surface area contributed by atoms with E-state index in [1.54, 1.807) is 0 Å². The predicted molar refractivity (Wildman–Crippen MR) is 121 cm³/mol. The van der Waals surface area contributed by atoms with Crippen molar-refractivity contribution in [1.29, 1.82) is 5.41 Å². The van der Waals surface area contributed by atoms with Crippen molar-refractivity contribution >= 4 is 29.7 Å². The summed E-state index contributed by atoms with van der Waals surface area (Å²) in [5.74, 6) is -3.11. The van der Waals surface area contributed by atoms with Gasteiger partial charge in [-0.1, -0.05) is 24.3 Å². The molecule has 2 rings (SSSR count). The second-order valence-electron chi connectivity index (χ2n) is 7.64. The molecule has 3 amide bonds. The van der Waals surface area contributed by atoms with E-state index in [1.165, 1.54) is 55.5 Å². The summed E-state index contributed by atoms with van der Waals surface area (Å²) < 4.78 is 26.3. The highest BCUT2D eigenvalue weighted by molar-refractivity contribution is 6.26. The Morgan fingerprint density at radius 2 is 1.41 bits per heavy atom. The lowest BCUT2D eigenvalue weighted by atomic mass is 10.0. The van der Waals surface area contributed by atoms with E-state index in [0.29, 0.717) is 17.3 Å². The fourth-order valence-electron chi connectivity index (χ4n) is 3.13. The smallest absolute Gasteiger partial charge is 0.243 e. The van der Waals surface area contributed by atoms with Crippen LogP contribution in [0.25, 0.3) is 0 Å². The van der Waals surface area contributed by atoms with E-state index < -0.39 is 47.2 Å². The summed E-state index contributed by atoms with van der Waals surface area (Å²) >= 11 is 0. The van der Waals surface area contributed by atoms with Gasteiger partial charge in [-0.05, 0) is 41.8 Å². The first-order valence-corrected chi connectivity index (χ1v) is 10.5. The van der Waals surface area contributed by atoms with Gasteiger partial charge in [-0.2, -0.15) is 0 Å². The van der Waals surface area contributed by atoms with E-state index in [9.17, 15) is 28.0 Å². The van der Waals surface area contributed by atoms with Gasteiger partial charge in [0.2, 0.25) is 17.7 Å². The lowest BCUT2D eigenvalue weighted by Gasteiger charge is -2.23. The van der Waals surface area contributed by atoms with E-state index in [-0.39, 0.29) is 25.8 Å². The van der Waals surface area contributed by atoms with Crippen LogP contribution < -0.4 is 16.0 Å². The minimum absolute atomic E-state index is 0.0506. The van der Waals surface area contributed by atoms with Crippen LogP contribution in [0, 0.1) is 17.0 Å². The number of benzene rings is 2. The third-order valence-corrected chi connectivity index (χ3v) is 4.90. The molecule has 0 fully saturated rings. The molecule has 0 aliphatic heterocycles. The van der Waals surface area contributed by atoms with Gasteiger partial charge in [0, 0.05) is 26.3 Å². The largest absolute Gasteiger partial charge is 0.350 e. The first-order chi connectivity index (χ1) is 16.2. The van der Waals surface area contributed by atoms with Crippen LogP contribution in [0.4, 0.5) is 8.78 Å². The average molecular weight is 472 g/mol. The average Bonchev–Trinajstić information content (AvgIpc) is 2.81. The number of rotatable bonds is 12. The number of ketones is 1. The van der Waals surface area contributed by atoms with E-state index in [0.717, 1.165) is 0 Å². The predicted octanol–water partition coefficient (Wildman–Crippen LogP) is 1.81. The number of hydrogen-bond donors (Lipinski definition) is 4. The van der Waals surface area contributed by atoms with Crippen LogP contribution in [0.15, 0.2) is 48.5 Å². The first-order valence-electron chi connectivity index (χ1n) is 10.5. The molecule has 2 atom stereocenters. The van der Waals surface area contributed by atoms with Gasteiger partial charge in [-0.3, -0.25) is 19.2 Å². The lowest BCUT2D eigenvalue weighted by molar-refractivity contribution is -0.132. The van der Waals surface area contributed by atoms with Crippen LogP contribution in [0.5, 0.6) is 0 Å². The standard InChI is InChI=1S/C24H26F2N4O4/c1-15(31)29-22(12-16-2-6-18(25)7-3-16)24(34)30-21(11-10-20(32)13-27)23(33)28-14-17-4-8-19(26)9-5-17/h2-9,13,21-22,27H,10-12,14H2,1H3,(H,28,33)(H,29,31)(H,30,34)/t21-,22-/m0/s1. The molecule has 4 N–H and O–H groups in total. The molecule has 180 valence electrons. The quantitative estimate of drug-likeness (QED) is 0.351. The van der Waals surface area contributed by atoms with Crippen LogP contribution in [-0.2, 0) is 32.1 Å². The summed E-state index contributed by atoms with van der Waals surface area (Å²) in [6, 6.07) is 8.73. The van der Waals surface area contributed by atoms with Crippen LogP contribution in [0.3, 0.4) is 0 Å². The fourth-order valence-corrected chi connectivity index (χ4v) is 3.13. The van der Waals surface area contributed by atoms with Gasteiger partial charge in [0.25, 0.3) is 0 Å². The summed E-state index contributed by atoms with van der Waals surface area (Å²) in [6.45, 7) is 1.30. The molecular weight excluding hydrogens is 446 g/mol. The highest BCUT2D eigenvalue weighted by Crippen LogP contribution is 2.08. The van der Waals surface area contributed by atoms with Crippen molar-refractivity contribution in [3.63, 3.8) is 0 Å². The second kappa shape index (κ2) is 12.9. The molecule has 0 aromatic heterocycles. The number of nitrogens with one attached hydrogen (secondary N) is 4. The Morgan fingerprint density at radius 1 is 0.853 bits per heavy atom. The van der Waals surface area contributed by atoms with Crippen molar-refractivity contribution in [2.75, 3.05) is 0 Å². The van der Waals surface area contributed by atoms with Crippen LogP contribution in [-0.4, -0.2) is 41.8 Å². The van der Waals surface area contributed by atoms with Crippen LogP contribution in [0.1, 0.15) is 30.9 Å². The van der Waals surface area contributed by atoms with Crippen molar-refractivity contribution in [3.05, 3.63) is 71.3 Å². The van der Waals surface area contributed by atoms with Crippen molar-refractivity contribution < 1.29 is 28.0 Å². The third-order valence-electron chi connectivity index (χ3n) is 4.90. The zero-order valence-corrected chi connectivity index (χ0v) is 18.6. The maximum atomic E-state index is 13.2. The van der Waals surface area contributed by atoms with E-state index in [1.807, 2.05) is 0 Å². The molecule has 2 aromatic rings. The Bertz CT molecular complexity index is 1030. The summed E-state index contributed by atoms with van der Waals surface area (Å²) in [7, 11) is 0. The molecule has 0 saturated heterocycles. The number of carbonyl (C=O) groups excluding carboxylic acids is 4. The van der Waals surface area contributed by atoms with Crippen molar-refractivity contribution in [3.8, 4) is 0 Å². The zero-order valence-electron chi connectivity index (χ0n) is 18.6. The minimum Gasteiger partial charge on any atom is -0.350 e. The molecule has 0 aliphatic rings. The third kappa shape index (κ3) is 8.89. The number of Topliss-reactive ketones (excluding diaryl/α,β-unsaturated/α-hetero) is 1. The zero-order chi connectivity index (χ0) is 25.1. The molecule has 0 heterocycles. The van der Waals surface area contributed by atoms with Crippen molar-refractivity contribution in [1.82, 2.24) is 16.0 Å². The molecule has 0 bridgehead atoms. The molecular formula is C24H26F2N4O4. The van der Waals surface area contributed by atoms with Crippen molar-refractivity contribution in [2.45, 2.75) is 44.8 Å². The lowest BCUT2D eigenvalue weighted by Crippen LogP contribution is -2.54.